The molecular formula is C15H20O3. The largest absolute Gasteiger partial charge is 0.464 e. The molecule has 98 valence electrons. The fourth-order valence-electron chi connectivity index (χ4n) is 2.39. The van der Waals surface area contributed by atoms with Gasteiger partial charge in [-0.25, -0.2) is 0 Å². The summed E-state index contributed by atoms with van der Waals surface area (Å²) < 4.78 is 5.43. The number of aliphatic hydroxyl groups is 1. The normalized spacial score (nSPS) is 21.6. The molecule has 0 saturated heterocycles. The number of hydrogen-bond donors (Lipinski definition) is 1. The van der Waals surface area contributed by atoms with Gasteiger partial charge in [0.1, 0.15) is 11.5 Å². The van der Waals surface area contributed by atoms with Crippen molar-refractivity contribution in [3.63, 3.8) is 0 Å². The number of ether oxygens (including phenoxy) is 1. The molecule has 0 amide bonds. The van der Waals surface area contributed by atoms with E-state index in [1.165, 1.54) is 11.1 Å². The van der Waals surface area contributed by atoms with Gasteiger partial charge < -0.3 is 14.6 Å². The van der Waals surface area contributed by atoms with Crippen LogP contribution in [-0.2, 0) is 11.2 Å². The van der Waals surface area contributed by atoms with Crippen molar-refractivity contribution in [2.24, 2.45) is 0 Å². The first-order valence-electron chi connectivity index (χ1n) is 6.46. The van der Waals surface area contributed by atoms with Crippen molar-refractivity contribution in [2.75, 3.05) is 0 Å². The van der Waals surface area contributed by atoms with Crippen LogP contribution in [0.15, 0.2) is 12.1 Å². The number of Topliss-reactive ketones (excluding diaryl/α,β-unsaturated/α-hetero) is 1. The zero-order valence-corrected chi connectivity index (χ0v) is 11.2. The average Bonchev–Trinajstić information content (AvgIpc) is 2.55. The Bertz CT molecular complexity index is 465. The van der Waals surface area contributed by atoms with E-state index in [4.69, 9.17) is 4.74 Å². The molecular weight excluding hydrogens is 228 g/mol. The zero-order chi connectivity index (χ0) is 13.3. The van der Waals surface area contributed by atoms with Crippen molar-refractivity contribution in [1.82, 2.24) is 0 Å². The van der Waals surface area contributed by atoms with E-state index in [0.29, 0.717) is 6.42 Å². The summed E-state index contributed by atoms with van der Waals surface area (Å²) in [4.78, 5) is 10.9. The molecule has 0 aromatic heterocycles. The molecule has 0 bridgehead atoms. The maximum atomic E-state index is 10.9. The summed E-state index contributed by atoms with van der Waals surface area (Å²) in [5, 5.41) is 9.68. The summed E-state index contributed by atoms with van der Waals surface area (Å²) in [6.07, 6.45) is 1.64. The first-order valence-corrected chi connectivity index (χ1v) is 6.46. The summed E-state index contributed by atoms with van der Waals surface area (Å²) in [6.45, 7) is 5.66. The number of fused-ring (bicyclic) bond motifs is 1. The number of ketones is 1. The van der Waals surface area contributed by atoms with E-state index in [9.17, 15) is 9.90 Å². The van der Waals surface area contributed by atoms with Crippen LogP contribution in [0.4, 0.5) is 0 Å². The third-order valence-corrected chi connectivity index (χ3v) is 3.61. The molecule has 0 saturated carbocycles. The van der Waals surface area contributed by atoms with Crippen LogP contribution < -0.4 is 4.74 Å². The Morgan fingerprint density at radius 1 is 1.44 bits per heavy atom. The standard InChI is InChI=1S/C15H20O3/c1-9-7-13-11(3)15(17)18-14(13)8-12(9)6-4-5-10(2)16/h7-8,11,15,17H,4-6H2,1-3H3. The van der Waals surface area contributed by atoms with E-state index < -0.39 is 6.29 Å². The smallest absolute Gasteiger partial charge is 0.204 e. The molecule has 1 heterocycles. The van der Waals surface area contributed by atoms with E-state index in [0.717, 1.165) is 24.2 Å². The highest BCUT2D eigenvalue weighted by Crippen LogP contribution is 2.38. The van der Waals surface area contributed by atoms with Gasteiger partial charge in [-0.15, -0.1) is 0 Å². The van der Waals surface area contributed by atoms with Gasteiger partial charge in [0.15, 0.2) is 0 Å². The molecule has 18 heavy (non-hydrogen) atoms. The Morgan fingerprint density at radius 2 is 2.17 bits per heavy atom. The third kappa shape index (κ3) is 2.56. The van der Waals surface area contributed by atoms with Gasteiger partial charge in [0.25, 0.3) is 0 Å². The van der Waals surface area contributed by atoms with Crippen LogP contribution in [-0.4, -0.2) is 17.2 Å². The molecule has 3 heteroatoms. The van der Waals surface area contributed by atoms with Gasteiger partial charge in [-0.05, 0) is 43.9 Å². The van der Waals surface area contributed by atoms with Gasteiger partial charge >= 0.3 is 0 Å². The number of carbonyl (C=O) groups excluding carboxylic acids is 1. The Balaban J connectivity index is 2.14. The number of aliphatic hydroxyl groups excluding tert-OH is 1. The predicted octanol–water partition coefficient (Wildman–Crippen LogP) is 2.72. The second kappa shape index (κ2) is 5.11. The summed E-state index contributed by atoms with van der Waals surface area (Å²) in [6, 6.07) is 4.11. The predicted molar refractivity (Wildman–Crippen MR) is 69.8 cm³/mol. The lowest BCUT2D eigenvalue weighted by Gasteiger charge is -2.09. The van der Waals surface area contributed by atoms with Crippen molar-refractivity contribution >= 4 is 5.78 Å². The van der Waals surface area contributed by atoms with Crippen LogP contribution in [0.5, 0.6) is 5.75 Å². The van der Waals surface area contributed by atoms with Crippen LogP contribution in [0.25, 0.3) is 0 Å². The number of aryl methyl sites for hydroxylation is 2. The minimum Gasteiger partial charge on any atom is -0.464 e. The van der Waals surface area contributed by atoms with Gasteiger partial charge in [-0.2, -0.15) is 0 Å². The molecule has 1 aromatic rings. The highest BCUT2D eigenvalue weighted by atomic mass is 16.6. The van der Waals surface area contributed by atoms with Gasteiger partial charge in [0.05, 0.1) is 0 Å². The molecule has 1 aliphatic rings. The second-order valence-corrected chi connectivity index (χ2v) is 5.17. The molecule has 0 spiro atoms. The highest BCUT2D eigenvalue weighted by molar-refractivity contribution is 5.75. The average molecular weight is 248 g/mol. The van der Waals surface area contributed by atoms with E-state index in [1.54, 1.807) is 6.92 Å². The first-order chi connectivity index (χ1) is 8.49. The summed E-state index contributed by atoms with van der Waals surface area (Å²) in [5.74, 6) is 1.05. The highest BCUT2D eigenvalue weighted by Gasteiger charge is 2.29. The molecule has 0 aliphatic carbocycles. The monoisotopic (exact) mass is 248 g/mol. The summed E-state index contributed by atoms with van der Waals surface area (Å²) in [7, 11) is 0. The lowest BCUT2D eigenvalue weighted by atomic mass is 9.95. The lowest BCUT2D eigenvalue weighted by Crippen LogP contribution is -2.14. The van der Waals surface area contributed by atoms with Crippen molar-refractivity contribution in [2.45, 2.75) is 52.2 Å². The number of benzene rings is 1. The van der Waals surface area contributed by atoms with E-state index in [-0.39, 0.29) is 11.7 Å². The lowest BCUT2D eigenvalue weighted by molar-refractivity contribution is -0.117. The summed E-state index contributed by atoms with van der Waals surface area (Å²) in [5.41, 5.74) is 3.49. The second-order valence-electron chi connectivity index (χ2n) is 5.17. The maximum Gasteiger partial charge on any atom is 0.204 e. The maximum absolute atomic E-state index is 10.9. The van der Waals surface area contributed by atoms with Gasteiger partial charge in [0.2, 0.25) is 6.29 Å². The Labute approximate surface area is 108 Å². The quantitative estimate of drug-likeness (QED) is 0.891. The Kier molecular flexibility index (Phi) is 3.71. The van der Waals surface area contributed by atoms with Crippen molar-refractivity contribution in [3.05, 3.63) is 28.8 Å². The van der Waals surface area contributed by atoms with Crippen LogP contribution in [0.3, 0.4) is 0 Å². The Hall–Kier alpha value is -1.35. The van der Waals surface area contributed by atoms with Gasteiger partial charge in [-0.3, -0.25) is 0 Å². The van der Waals surface area contributed by atoms with E-state index in [2.05, 4.69) is 13.0 Å². The molecule has 2 unspecified atom stereocenters. The van der Waals surface area contributed by atoms with Crippen LogP contribution >= 0.6 is 0 Å². The van der Waals surface area contributed by atoms with E-state index >= 15 is 0 Å². The number of rotatable bonds is 4. The molecule has 2 rings (SSSR count). The molecule has 2 atom stereocenters. The van der Waals surface area contributed by atoms with Crippen LogP contribution in [0, 0.1) is 6.92 Å². The van der Waals surface area contributed by atoms with Crippen LogP contribution in [0.2, 0.25) is 0 Å². The van der Waals surface area contributed by atoms with Crippen molar-refractivity contribution < 1.29 is 14.6 Å². The molecule has 0 fully saturated rings. The van der Waals surface area contributed by atoms with Crippen molar-refractivity contribution in [3.8, 4) is 5.75 Å². The fourth-order valence-corrected chi connectivity index (χ4v) is 2.39. The summed E-state index contributed by atoms with van der Waals surface area (Å²) >= 11 is 0. The van der Waals surface area contributed by atoms with E-state index in [1.807, 2.05) is 13.0 Å². The fraction of sp³-hybridized carbons (Fsp3) is 0.533. The minimum absolute atomic E-state index is 0.0324. The molecule has 1 aliphatic heterocycles. The number of hydrogen-bond acceptors (Lipinski definition) is 3. The molecule has 3 nitrogen and oxygen atoms in total. The molecule has 1 N–H and O–H groups in total. The van der Waals surface area contributed by atoms with Gasteiger partial charge in [-0.1, -0.05) is 13.0 Å². The number of carbonyl (C=O) groups is 1. The van der Waals surface area contributed by atoms with Crippen molar-refractivity contribution in [1.29, 1.82) is 0 Å². The SMILES string of the molecule is CC(=O)CCCc1cc2c(cc1C)C(C)C(O)O2. The first kappa shape index (κ1) is 13.1. The zero-order valence-electron chi connectivity index (χ0n) is 11.2. The minimum atomic E-state index is -0.730. The Morgan fingerprint density at radius 3 is 2.83 bits per heavy atom. The third-order valence-electron chi connectivity index (χ3n) is 3.61. The van der Waals surface area contributed by atoms with Gasteiger partial charge in [0, 0.05) is 17.9 Å². The van der Waals surface area contributed by atoms with Crippen LogP contribution in [0.1, 0.15) is 49.3 Å². The topological polar surface area (TPSA) is 46.5 Å². The molecule has 0 radical (unpaired) electrons. The molecule has 1 aromatic carbocycles.